The van der Waals surface area contributed by atoms with Gasteiger partial charge in [-0.3, -0.25) is 4.79 Å². The van der Waals surface area contributed by atoms with Crippen LogP contribution in [0.5, 0.6) is 0 Å². The number of nitrogens with one attached hydrogen (secondary N) is 1. The number of carbonyl (C=O) groups excluding carboxylic acids is 2. The van der Waals surface area contributed by atoms with Crippen LogP contribution in [0.1, 0.15) is 43.0 Å². The van der Waals surface area contributed by atoms with Gasteiger partial charge in [-0.15, -0.1) is 0 Å². The maximum absolute atomic E-state index is 13.0. The topological polar surface area (TPSA) is 68.3 Å². The van der Waals surface area contributed by atoms with Gasteiger partial charge in [0.15, 0.2) is 6.10 Å². The van der Waals surface area contributed by atoms with Crippen LogP contribution >= 0.6 is 11.6 Å². The predicted octanol–water partition coefficient (Wildman–Crippen LogP) is 5.16. The Morgan fingerprint density at radius 3 is 2.57 bits per heavy atom. The number of aromatic nitrogens is 1. The van der Waals surface area contributed by atoms with Crippen LogP contribution in [-0.4, -0.2) is 29.0 Å². The van der Waals surface area contributed by atoms with Gasteiger partial charge in [-0.25, -0.2) is 9.78 Å². The molecule has 3 aromatic rings. The number of hydrogen-bond donors (Lipinski definition) is 1. The van der Waals surface area contributed by atoms with Crippen LogP contribution < -0.4 is 5.32 Å². The molecule has 0 saturated heterocycles. The van der Waals surface area contributed by atoms with E-state index in [-0.39, 0.29) is 11.9 Å². The number of halogens is 1. The van der Waals surface area contributed by atoms with E-state index in [1.54, 1.807) is 19.1 Å². The molecule has 1 N–H and O–H groups in total. The molecule has 1 saturated carbocycles. The predicted molar refractivity (Wildman–Crippen MR) is 117 cm³/mol. The van der Waals surface area contributed by atoms with Gasteiger partial charge in [-0.05, 0) is 38.0 Å². The first kappa shape index (κ1) is 20.4. The lowest BCUT2D eigenvalue weighted by atomic mass is 10.0. The Bertz CT molecular complexity index is 1090. The number of nitrogens with zero attached hydrogens (tertiary/aromatic N) is 1. The van der Waals surface area contributed by atoms with Crippen molar-refractivity contribution < 1.29 is 14.3 Å². The quantitative estimate of drug-likeness (QED) is 0.576. The van der Waals surface area contributed by atoms with E-state index >= 15 is 0 Å². The van der Waals surface area contributed by atoms with Crippen molar-refractivity contribution in [2.24, 2.45) is 0 Å². The molecule has 0 unspecified atom stereocenters. The smallest absolute Gasteiger partial charge is 0.339 e. The van der Waals surface area contributed by atoms with Crippen molar-refractivity contribution in [3.05, 3.63) is 65.2 Å². The first-order valence-electron chi connectivity index (χ1n) is 10.2. The number of ether oxygens (including phenoxy) is 1. The van der Waals surface area contributed by atoms with Crippen molar-refractivity contribution in [1.82, 2.24) is 10.3 Å². The Kier molecular flexibility index (Phi) is 6.00. The normalized spacial score (nSPS) is 15.1. The van der Waals surface area contributed by atoms with Crippen molar-refractivity contribution >= 4 is 34.4 Å². The van der Waals surface area contributed by atoms with Crippen LogP contribution in [0.3, 0.4) is 0 Å². The van der Waals surface area contributed by atoms with Crippen LogP contribution in [0, 0.1) is 0 Å². The Balaban J connectivity index is 1.63. The molecule has 1 aliphatic carbocycles. The minimum absolute atomic E-state index is 0.173. The van der Waals surface area contributed by atoms with Gasteiger partial charge in [0.1, 0.15) is 0 Å². The van der Waals surface area contributed by atoms with Gasteiger partial charge in [0.2, 0.25) is 0 Å². The van der Waals surface area contributed by atoms with Gasteiger partial charge in [-0.1, -0.05) is 60.8 Å². The van der Waals surface area contributed by atoms with E-state index in [0.29, 0.717) is 27.2 Å². The molecule has 0 spiro atoms. The van der Waals surface area contributed by atoms with E-state index in [2.05, 4.69) is 10.3 Å². The minimum Gasteiger partial charge on any atom is -0.449 e. The highest BCUT2D eigenvalue weighted by atomic mass is 35.5. The molecule has 1 aromatic heterocycles. The maximum atomic E-state index is 13.0. The largest absolute Gasteiger partial charge is 0.449 e. The Morgan fingerprint density at radius 2 is 1.80 bits per heavy atom. The number of para-hydroxylation sites is 1. The molecule has 5 nitrogen and oxygen atoms in total. The summed E-state index contributed by atoms with van der Waals surface area (Å²) in [5.41, 5.74) is 2.32. The van der Waals surface area contributed by atoms with Crippen LogP contribution in [0.4, 0.5) is 0 Å². The number of carbonyl (C=O) groups is 2. The summed E-state index contributed by atoms with van der Waals surface area (Å²) in [6.07, 6.45) is 3.30. The molecule has 6 heteroatoms. The van der Waals surface area contributed by atoms with E-state index in [1.807, 2.05) is 42.5 Å². The lowest BCUT2D eigenvalue weighted by Gasteiger charge is -2.18. The fraction of sp³-hybridized carbons (Fsp3) is 0.292. The number of esters is 1. The molecular weight excluding hydrogens is 400 g/mol. The second-order valence-electron chi connectivity index (χ2n) is 7.59. The fourth-order valence-electron chi connectivity index (χ4n) is 3.82. The Hall–Kier alpha value is -2.92. The molecule has 4 rings (SSSR count). The molecule has 1 atom stereocenters. The first-order chi connectivity index (χ1) is 14.5. The summed E-state index contributed by atoms with van der Waals surface area (Å²) in [4.78, 5) is 30.1. The Labute approximate surface area is 180 Å². The maximum Gasteiger partial charge on any atom is 0.339 e. The van der Waals surface area contributed by atoms with Crippen LogP contribution in [0.25, 0.3) is 22.2 Å². The molecule has 2 aromatic carbocycles. The number of fused-ring (bicyclic) bond motifs is 1. The summed E-state index contributed by atoms with van der Waals surface area (Å²) in [5.74, 6) is -0.823. The van der Waals surface area contributed by atoms with Crippen molar-refractivity contribution in [3.8, 4) is 11.3 Å². The summed E-state index contributed by atoms with van der Waals surface area (Å²) >= 11 is 6.34. The number of amides is 1. The molecule has 1 aliphatic rings. The van der Waals surface area contributed by atoms with Crippen molar-refractivity contribution in [2.75, 3.05) is 0 Å². The average Bonchev–Trinajstić information content (AvgIpc) is 3.26. The highest BCUT2D eigenvalue weighted by molar-refractivity contribution is 6.33. The van der Waals surface area contributed by atoms with E-state index < -0.39 is 12.1 Å². The van der Waals surface area contributed by atoms with E-state index in [0.717, 1.165) is 31.2 Å². The van der Waals surface area contributed by atoms with Gasteiger partial charge in [-0.2, -0.15) is 0 Å². The summed E-state index contributed by atoms with van der Waals surface area (Å²) in [5, 5.41) is 4.18. The minimum atomic E-state index is -0.881. The first-order valence-corrected chi connectivity index (χ1v) is 10.6. The van der Waals surface area contributed by atoms with Gasteiger partial charge in [0.05, 0.1) is 16.8 Å². The fourth-order valence-corrected chi connectivity index (χ4v) is 4.05. The van der Waals surface area contributed by atoms with E-state index in [9.17, 15) is 9.59 Å². The Morgan fingerprint density at radius 1 is 1.10 bits per heavy atom. The van der Waals surface area contributed by atoms with Crippen LogP contribution in [-0.2, 0) is 9.53 Å². The monoisotopic (exact) mass is 422 g/mol. The zero-order chi connectivity index (χ0) is 21.1. The standard InChI is InChI=1S/C24H23ClN2O3/c1-15(23(28)26-16-8-2-3-9-16)30-24(29)19-14-22(18-11-4-6-12-20(18)25)27-21-13-7-5-10-17(19)21/h4-7,10-16H,2-3,8-9H2,1H3,(H,26,28)/t15-/m0/s1. The lowest BCUT2D eigenvalue weighted by molar-refractivity contribution is -0.129. The number of benzene rings is 2. The molecule has 1 heterocycles. The second kappa shape index (κ2) is 8.84. The van der Waals surface area contributed by atoms with E-state index in [4.69, 9.17) is 16.3 Å². The summed E-state index contributed by atoms with van der Waals surface area (Å²) < 4.78 is 5.53. The molecule has 154 valence electrons. The molecule has 0 bridgehead atoms. The van der Waals surface area contributed by atoms with Gasteiger partial charge >= 0.3 is 5.97 Å². The summed E-state index contributed by atoms with van der Waals surface area (Å²) in [6, 6.07) is 16.5. The second-order valence-corrected chi connectivity index (χ2v) is 8.00. The van der Waals surface area contributed by atoms with Crippen molar-refractivity contribution in [2.45, 2.75) is 44.8 Å². The summed E-state index contributed by atoms with van der Waals surface area (Å²) in [7, 11) is 0. The SMILES string of the molecule is C[C@H](OC(=O)c1cc(-c2ccccc2Cl)nc2ccccc12)C(=O)NC1CCCC1. The summed E-state index contributed by atoms with van der Waals surface area (Å²) in [6.45, 7) is 1.60. The number of rotatable bonds is 5. The molecule has 0 radical (unpaired) electrons. The zero-order valence-electron chi connectivity index (χ0n) is 16.7. The third kappa shape index (κ3) is 4.31. The third-order valence-electron chi connectivity index (χ3n) is 5.44. The number of pyridine rings is 1. The van der Waals surface area contributed by atoms with Crippen molar-refractivity contribution in [1.29, 1.82) is 0 Å². The van der Waals surface area contributed by atoms with E-state index in [1.165, 1.54) is 0 Å². The van der Waals surface area contributed by atoms with Gasteiger partial charge in [0, 0.05) is 22.0 Å². The highest BCUT2D eigenvalue weighted by Crippen LogP contribution is 2.30. The highest BCUT2D eigenvalue weighted by Gasteiger charge is 2.25. The lowest BCUT2D eigenvalue weighted by Crippen LogP contribution is -2.40. The molecule has 30 heavy (non-hydrogen) atoms. The average molecular weight is 423 g/mol. The molecular formula is C24H23ClN2O3. The van der Waals surface area contributed by atoms with Crippen LogP contribution in [0.2, 0.25) is 5.02 Å². The van der Waals surface area contributed by atoms with Crippen molar-refractivity contribution in [3.63, 3.8) is 0 Å². The molecule has 1 fully saturated rings. The number of hydrogen-bond acceptors (Lipinski definition) is 4. The molecule has 0 aliphatic heterocycles. The zero-order valence-corrected chi connectivity index (χ0v) is 17.5. The van der Waals surface area contributed by atoms with Gasteiger partial charge in [0.25, 0.3) is 5.91 Å². The van der Waals surface area contributed by atoms with Gasteiger partial charge < -0.3 is 10.1 Å². The third-order valence-corrected chi connectivity index (χ3v) is 5.77. The van der Waals surface area contributed by atoms with Crippen LogP contribution in [0.15, 0.2) is 54.6 Å². The molecule has 1 amide bonds.